The van der Waals surface area contributed by atoms with Gasteiger partial charge in [-0.05, 0) is 85.4 Å². The van der Waals surface area contributed by atoms with Gasteiger partial charge < -0.3 is 24.8 Å². The number of methoxy groups -OCH3 is 3. The van der Waals surface area contributed by atoms with E-state index in [1.54, 1.807) is 27.4 Å². The highest BCUT2D eigenvalue weighted by molar-refractivity contribution is 6.04. The van der Waals surface area contributed by atoms with E-state index >= 15 is 0 Å². The van der Waals surface area contributed by atoms with E-state index in [9.17, 15) is 4.79 Å². The lowest BCUT2D eigenvalue weighted by atomic mass is 9.92. The molecule has 1 aliphatic rings. The molecule has 0 aliphatic heterocycles. The molecule has 0 saturated carbocycles. The van der Waals surface area contributed by atoms with E-state index in [4.69, 9.17) is 19.2 Å². The third-order valence-corrected chi connectivity index (χ3v) is 6.73. The zero-order valence-corrected chi connectivity index (χ0v) is 21.8. The van der Waals surface area contributed by atoms with Gasteiger partial charge in [-0.1, -0.05) is 12.1 Å². The third-order valence-electron chi connectivity index (χ3n) is 6.73. The Balaban J connectivity index is 1.46. The standard InChI is InChI=1S/C31H31N3O4/c1-36-23-13-8-20(9-14-23)10-17-30(35)32-21-11-15-27-25(18-21)31(24-6-4-5-7-26(24)34-27)33-22-12-16-28(37-2)29(19-22)38-3/h8-19H,4-7H2,1-3H3,(H,32,35)(H,33,34)/b17-10+. The molecule has 0 radical (unpaired) electrons. The van der Waals surface area contributed by atoms with Crippen molar-refractivity contribution >= 4 is 39.9 Å². The van der Waals surface area contributed by atoms with E-state index in [0.717, 1.165) is 65.0 Å². The zero-order valence-electron chi connectivity index (χ0n) is 21.8. The molecular formula is C31H31N3O4. The van der Waals surface area contributed by atoms with Crippen LogP contribution in [0, 0.1) is 0 Å². The minimum absolute atomic E-state index is 0.208. The van der Waals surface area contributed by atoms with Crippen molar-refractivity contribution in [2.24, 2.45) is 0 Å². The number of rotatable bonds is 8. The van der Waals surface area contributed by atoms with Crippen LogP contribution < -0.4 is 24.8 Å². The van der Waals surface area contributed by atoms with Crippen molar-refractivity contribution in [1.29, 1.82) is 0 Å². The second-order valence-corrected chi connectivity index (χ2v) is 9.14. The Morgan fingerprint density at radius 3 is 2.37 bits per heavy atom. The second-order valence-electron chi connectivity index (χ2n) is 9.14. The number of benzene rings is 3. The summed E-state index contributed by atoms with van der Waals surface area (Å²) in [5.74, 6) is 1.89. The van der Waals surface area contributed by atoms with Crippen molar-refractivity contribution in [2.75, 3.05) is 32.0 Å². The molecule has 0 unspecified atom stereocenters. The summed E-state index contributed by atoms with van der Waals surface area (Å²) in [5, 5.41) is 7.57. The monoisotopic (exact) mass is 509 g/mol. The van der Waals surface area contributed by atoms with Crippen LogP contribution in [0.5, 0.6) is 17.2 Å². The van der Waals surface area contributed by atoms with Crippen LogP contribution in [0.15, 0.2) is 66.7 Å². The SMILES string of the molecule is COc1ccc(/C=C/C(=O)Nc2ccc3nc4c(c(Nc5ccc(OC)c(OC)c5)c3c2)CCCC4)cc1. The van der Waals surface area contributed by atoms with E-state index in [0.29, 0.717) is 17.2 Å². The van der Waals surface area contributed by atoms with Gasteiger partial charge in [-0.15, -0.1) is 0 Å². The Bertz CT molecular complexity index is 1500. The average molecular weight is 510 g/mol. The van der Waals surface area contributed by atoms with Crippen molar-refractivity contribution < 1.29 is 19.0 Å². The molecule has 7 heteroatoms. The fourth-order valence-corrected chi connectivity index (χ4v) is 4.77. The molecule has 0 bridgehead atoms. The van der Waals surface area contributed by atoms with Gasteiger partial charge in [0.05, 0.1) is 32.5 Å². The lowest BCUT2D eigenvalue weighted by Gasteiger charge is -2.22. The molecule has 1 aliphatic carbocycles. The Labute approximate surface area is 222 Å². The molecule has 0 spiro atoms. The smallest absolute Gasteiger partial charge is 0.248 e. The summed E-state index contributed by atoms with van der Waals surface area (Å²) < 4.78 is 16.1. The third kappa shape index (κ3) is 5.42. The quantitative estimate of drug-likeness (QED) is 0.263. The molecule has 2 N–H and O–H groups in total. The zero-order chi connectivity index (χ0) is 26.5. The number of fused-ring (bicyclic) bond motifs is 2. The fraction of sp³-hybridized carbons (Fsp3) is 0.226. The molecule has 1 aromatic heterocycles. The molecular weight excluding hydrogens is 478 g/mol. The number of hydrogen-bond acceptors (Lipinski definition) is 6. The molecule has 1 amide bonds. The number of nitrogens with zero attached hydrogens (tertiary/aromatic N) is 1. The second kappa shape index (κ2) is 11.3. The minimum atomic E-state index is -0.208. The average Bonchev–Trinajstić information content (AvgIpc) is 2.96. The summed E-state index contributed by atoms with van der Waals surface area (Å²) in [7, 11) is 4.88. The maximum Gasteiger partial charge on any atom is 0.248 e. The number of aromatic nitrogens is 1. The molecule has 0 atom stereocenters. The van der Waals surface area contributed by atoms with Gasteiger partial charge in [-0.3, -0.25) is 9.78 Å². The maximum absolute atomic E-state index is 12.7. The van der Waals surface area contributed by atoms with Crippen molar-refractivity contribution in [2.45, 2.75) is 25.7 Å². The van der Waals surface area contributed by atoms with Crippen LogP contribution in [0.1, 0.15) is 29.7 Å². The molecule has 38 heavy (non-hydrogen) atoms. The van der Waals surface area contributed by atoms with E-state index in [1.807, 2.05) is 60.7 Å². The Morgan fingerprint density at radius 2 is 1.61 bits per heavy atom. The van der Waals surface area contributed by atoms with Gasteiger partial charge in [0.15, 0.2) is 11.5 Å². The summed E-state index contributed by atoms with van der Waals surface area (Å²) in [6, 6.07) is 19.2. The van der Waals surface area contributed by atoms with E-state index < -0.39 is 0 Å². The van der Waals surface area contributed by atoms with Gasteiger partial charge in [0.1, 0.15) is 5.75 Å². The van der Waals surface area contributed by atoms with Crippen LogP contribution in [-0.2, 0) is 17.6 Å². The number of aryl methyl sites for hydroxylation is 1. The van der Waals surface area contributed by atoms with Crippen LogP contribution >= 0.6 is 0 Å². The number of pyridine rings is 1. The number of nitrogens with one attached hydrogen (secondary N) is 2. The topological polar surface area (TPSA) is 81.7 Å². The summed E-state index contributed by atoms with van der Waals surface area (Å²) in [4.78, 5) is 17.7. The molecule has 0 fully saturated rings. The molecule has 0 saturated heterocycles. The Hall–Kier alpha value is -4.52. The van der Waals surface area contributed by atoms with Gasteiger partial charge in [0.25, 0.3) is 0 Å². The highest BCUT2D eigenvalue weighted by Gasteiger charge is 2.19. The lowest BCUT2D eigenvalue weighted by Crippen LogP contribution is -2.11. The van der Waals surface area contributed by atoms with E-state index in [1.165, 1.54) is 11.6 Å². The van der Waals surface area contributed by atoms with Crippen molar-refractivity contribution in [3.05, 3.63) is 83.6 Å². The number of carbonyl (C=O) groups is 1. The van der Waals surface area contributed by atoms with Crippen LogP contribution in [0.25, 0.3) is 17.0 Å². The van der Waals surface area contributed by atoms with E-state index in [2.05, 4.69) is 10.6 Å². The largest absolute Gasteiger partial charge is 0.497 e. The van der Waals surface area contributed by atoms with Crippen LogP contribution in [0.4, 0.5) is 17.1 Å². The predicted octanol–water partition coefficient (Wildman–Crippen LogP) is 6.53. The number of amides is 1. The number of carbonyl (C=O) groups excluding carboxylic acids is 1. The first-order valence-corrected chi connectivity index (χ1v) is 12.7. The van der Waals surface area contributed by atoms with Crippen molar-refractivity contribution in [1.82, 2.24) is 4.98 Å². The predicted molar refractivity (Wildman–Crippen MR) is 152 cm³/mol. The van der Waals surface area contributed by atoms with Gasteiger partial charge in [-0.25, -0.2) is 0 Å². The molecule has 5 rings (SSSR count). The van der Waals surface area contributed by atoms with E-state index in [-0.39, 0.29) is 5.91 Å². The first-order chi connectivity index (χ1) is 18.6. The van der Waals surface area contributed by atoms with Gasteiger partial charge in [0, 0.05) is 34.6 Å². The molecule has 194 valence electrons. The summed E-state index contributed by atoms with van der Waals surface area (Å²) in [6.07, 6.45) is 7.47. The normalized spacial score (nSPS) is 12.7. The number of anilines is 3. The highest BCUT2D eigenvalue weighted by Crippen LogP contribution is 2.38. The molecule has 3 aromatic carbocycles. The first-order valence-electron chi connectivity index (χ1n) is 12.7. The van der Waals surface area contributed by atoms with Crippen LogP contribution in [0.3, 0.4) is 0 Å². The summed E-state index contributed by atoms with van der Waals surface area (Å²) in [5.41, 5.74) is 6.76. The number of hydrogen-bond donors (Lipinski definition) is 2. The minimum Gasteiger partial charge on any atom is -0.497 e. The molecule has 4 aromatic rings. The molecule has 1 heterocycles. The summed E-state index contributed by atoms with van der Waals surface area (Å²) >= 11 is 0. The Morgan fingerprint density at radius 1 is 0.842 bits per heavy atom. The number of ether oxygens (including phenoxy) is 3. The Kier molecular flexibility index (Phi) is 7.45. The highest BCUT2D eigenvalue weighted by atomic mass is 16.5. The van der Waals surface area contributed by atoms with Gasteiger partial charge >= 0.3 is 0 Å². The van der Waals surface area contributed by atoms with Crippen molar-refractivity contribution in [3.63, 3.8) is 0 Å². The lowest BCUT2D eigenvalue weighted by molar-refractivity contribution is -0.111. The maximum atomic E-state index is 12.7. The van der Waals surface area contributed by atoms with Gasteiger partial charge in [-0.2, -0.15) is 0 Å². The van der Waals surface area contributed by atoms with Crippen molar-refractivity contribution in [3.8, 4) is 17.2 Å². The molecule has 7 nitrogen and oxygen atoms in total. The van der Waals surface area contributed by atoms with Crippen LogP contribution in [0.2, 0.25) is 0 Å². The fourth-order valence-electron chi connectivity index (χ4n) is 4.77. The van der Waals surface area contributed by atoms with Crippen LogP contribution in [-0.4, -0.2) is 32.2 Å². The first kappa shape index (κ1) is 25.1. The summed E-state index contributed by atoms with van der Waals surface area (Å²) in [6.45, 7) is 0. The van der Waals surface area contributed by atoms with Gasteiger partial charge in [0.2, 0.25) is 5.91 Å².